The van der Waals surface area contributed by atoms with Crippen molar-refractivity contribution in [2.45, 2.75) is 6.92 Å². The Kier molecular flexibility index (Phi) is 4.14. The van der Waals surface area contributed by atoms with Gasteiger partial charge in [-0.3, -0.25) is 4.79 Å². The summed E-state index contributed by atoms with van der Waals surface area (Å²) in [6, 6.07) is 8.36. The molecule has 0 saturated carbocycles. The van der Waals surface area contributed by atoms with Crippen LogP contribution in [0.4, 0.5) is 14.5 Å². The lowest BCUT2D eigenvalue weighted by molar-refractivity contribution is 0.102. The minimum absolute atomic E-state index is 0.181. The smallest absolute Gasteiger partial charge is 0.258 e. The highest BCUT2D eigenvalue weighted by atomic mass is 127. The average molecular weight is 373 g/mol. The van der Waals surface area contributed by atoms with Crippen LogP contribution in [-0.4, -0.2) is 5.91 Å². The highest BCUT2D eigenvalue weighted by Crippen LogP contribution is 2.19. The predicted octanol–water partition coefficient (Wildman–Crippen LogP) is 4.13. The van der Waals surface area contributed by atoms with Gasteiger partial charge in [0, 0.05) is 15.3 Å². The molecule has 2 rings (SSSR count). The highest BCUT2D eigenvalue weighted by Gasteiger charge is 2.13. The summed E-state index contributed by atoms with van der Waals surface area (Å²) in [5.41, 5.74) is 1.30. The molecule has 0 aliphatic rings. The number of nitrogens with one attached hydrogen (secondary N) is 1. The maximum Gasteiger partial charge on any atom is 0.258 e. The fraction of sp³-hybridized carbons (Fsp3) is 0.0714. The van der Waals surface area contributed by atoms with Crippen LogP contribution in [0.3, 0.4) is 0 Å². The molecule has 0 aliphatic heterocycles. The van der Waals surface area contributed by atoms with E-state index in [1.54, 1.807) is 6.07 Å². The Bertz CT molecular complexity index is 643. The topological polar surface area (TPSA) is 29.1 Å². The van der Waals surface area contributed by atoms with Crippen molar-refractivity contribution >= 4 is 34.2 Å². The van der Waals surface area contributed by atoms with Crippen molar-refractivity contribution < 1.29 is 13.6 Å². The first-order chi connectivity index (χ1) is 8.97. The second-order valence-corrected chi connectivity index (χ2v) is 5.28. The van der Waals surface area contributed by atoms with Gasteiger partial charge in [0.25, 0.3) is 5.91 Å². The minimum Gasteiger partial charge on any atom is -0.322 e. The molecule has 98 valence electrons. The molecule has 0 aromatic heterocycles. The first kappa shape index (κ1) is 13.9. The summed E-state index contributed by atoms with van der Waals surface area (Å²) < 4.78 is 27.3. The number of hydrogen-bond acceptors (Lipinski definition) is 1. The number of amides is 1. The lowest BCUT2D eigenvalue weighted by Crippen LogP contribution is -2.14. The molecule has 0 atom stereocenters. The summed E-state index contributed by atoms with van der Waals surface area (Å²) in [6.07, 6.45) is 0. The van der Waals surface area contributed by atoms with Gasteiger partial charge in [-0.15, -0.1) is 0 Å². The van der Waals surface area contributed by atoms with E-state index in [9.17, 15) is 13.6 Å². The zero-order valence-electron chi connectivity index (χ0n) is 10.0. The van der Waals surface area contributed by atoms with Crippen molar-refractivity contribution in [2.24, 2.45) is 0 Å². The molecule has 2 nitrogen and oxygen atoms in total. The van der Waals surface area contributed by atoms with Gasteiger partial charge in [0.2, 0.25) is 0 Å². The second kappa shape index (κ2) is 5.64. The molecule has 0 fully saturated rings. The van der Waals surface area contributed by atoms with Crippen LogP contribution in [-0.2, 0) is 0 Å². The van der Waals surface area contributed by atoms with Crippen LogP contribution in [0.25, 0.3) is 0 Å². The number of aryl methyl sites for hydroxylation is 1. The van der Waals surface area contributed by atoms with E-state index < -0.39 is 17.5 Å². The van der Waals surface area contributed by atoms with Gasteiger partial charge in [-0.1, -0.05) is 0 Å². The van der Waals surface area contributed by atoms with Gasteiger partial charge >= 0.3 is 0 Å². The lowest BCUT2D eigenvalue weighted by atomic mass is 10.1. The van der Waals surface area contributed by atoms with Crippen LogP contribution in [0, 0.1) is 22.1 Å². The number of hydrogen-bond donors (Lipinski definition) is 1. The van der Waals surface area contributed by atoms with E-state index in [1.165, 1.54) is 0 Å². The molecule has 0 spiro atoms. The minimum atomic E-state index is -0.874. The molecule has 2 aromatic rings. The Morgan fingerprint density at radius 3 is 2.53 bits per heavy atom. The van der Waals surface area contributed by atoms with Gasteiger partial charge in [-0.2, -0.15) is 0 Å². The maximum atomic E-state index is 13.5. The standard InChI is InChI=1S/C14H10F2INO/c1-8-6-10(17)3-5-13(8)18-14(19)11-4-2-9(15)7-12(11)16/h2-7H,1H3,(H,18,19). The van der Waals surface area contributed by atoms with E-state index in [4.69, 9.17) is 0 Å². The average Bonchev–Trinajstić information content (AvgIpc) is 2.32. The van der Waals surface area contributed by atoms with Crippen molar-refractivity contribution in [3.05, 3.63) is 62.7 Å². The van der Waals surface area contributed by atoms with Crippen LogP contribution in [0.1, 0.15) is 15.9 Å². The normalized spacial score (nSPS) is 10.3. The number of carbonyl (C=O) groups is 1. The number of carbonyl (C=O) groups excluding carboxylic acids is 1. The van der Waals surface area contributed by atoms with Crippen molar-refractivity contribution in [2.75, 3.05) is 5.32 Å². The van der Waals surface area contributed by atoms with Crippen LogP contribution in [0.5, 0.6) is 0 Å². The summed E-state index contributed by atoms with van der Waals surface area (Å²) in [7, 11) is 0. The van der Waals surface area contributed by atoms with Gasteiger partial charge < -0.3 is 5.32 Å². The number of halogens is 3. The fourth-order valence-corrected chi connectivity index (χ4v) is 2.28. The SMILES string of the molecule is Cc1cc(I)ccc1NC(=O)c1ccc(F)cc1F. The van der Waals surface area contributed by atoms with Crippen molar-refractivity contribution in [3.8, 4) is 0 Å². The zero-order chi connectivity index (χ0) is 14.0. The Balaban J connectivity index is 2.25. The molecule has 5 heteroatoms. The van der Waals surface area contributed by atoms with Gasteiger partial charge in [0.05, 0.1) is 5.56 Å². The predicted molar refractivity (Wildman–Crippen MR) is 78.2 cm³/mol. The number of anilines is 1. The van der Waals surface area contributed by atoms with E-state index in [0.29, 0.717) is 11.8 Å². The van der Waals surface area contributed by atoms with Crippen LogP contribution >= 0.6 is 22.6 Å². The van der Waals surface area contributed by atoms with Gasteiger partial charge in [0.1, 0.15) is 11.6 Å². The molecule has 0 saturated heterocycles. The van der Waals surface area contributed by atoms with Gasteiger partial charge in [0.15, 0.2) is 0 Å². The second-order valence-electron chi connectivity index (χ2n) is 4.04. The Morgan fingerprint density at radius 2 is 1.89 bits per heavy atom. The number of benzene rings is 2. The van der Waals surface area contributed by atoms with Crippen LogP contribution in [0.15, 0.2) is 36.4 Å². The molecule has 2 aromatic carbocycles. The largest absolute Gasteiger partial charge is 0.322 e. The third-order valence-corrected chi connectivity index (χ3v) is 3.28. The molecule has 0 bridgehead atoms. The highest BCUT2D eigenvalue weighted by molar-refractivity contribution is 14.1. The first-order valence-electron chi connectivity index (χ1n) is 5.50. The molecule has 0 radical (unpaired) electrons. The first-order valence-corrected chi connectivity index (χ1v) is 6.58. The molecule has 0 aliphatic carbocycles. The molecule has 0 heterocycles. The van der Waals surface area contributed by atoms with Gasteiger partial charge in [-0.25, -0.2) is 8.78 Å². The third kappa shape index (κ3) is 3.28. The molecular formula is C14H10F2INO. The summed E-state index contributed by atoms with van der Waals surface area (Å²) >= 11 is 2.16. The van der Waals surface area contributed by atoms with Crippen molar-refractivity contribution in [1.82, 2.24) is 0 Å². The van der Waals surface area contributed by atoms with E-state index in [-0.39, 0.29) is 5.56 Å². The molecular weight excluding hydrogens is 363 g/mol. The maximum absolute atomic E-state index is 13.5. The Morgan fingerprint density at radius 1 is 1.16 bits per heavy atom. The summed E-state index contributed by atoms with van der Waals surface area (Å²) in [5, 5.41) is 2.61. The molecule has 1 amide bonds. The Labute approximate surface area is 123 Å². The van der Waals surface area contributed by atoms with Gasteiger partial charge in [-0.05, 0) is 65.4 Å². The van der Waals surface area contributed by atoms with E-state index >= 15 is 0 Å². The van der Waals surface area contributed by atoms with Crippen molar-refractivity contribution in [1.29, 1.82) is 0 Å². The van der Waals surface area contributed by atoms with Crippen LogP contribution in [0.2, 0.25) is 0 Å². The zero-order valence-corrected chi connectivity index (χ0v) is 12.2. The number of rotatable bonds is 2. The lowest BCUT2D eigenvalue weighted by Gasteiger charge is -2.09. The summed E-state index contributed by atoms with van der Waals surface area (Å²) in [5.74, 6) is -2.18. The summed E-state index contributed by atoms with van der Waals surface area (Å²) in [4.78, 5) is 11.9. The quantitative estimate of drug-likeness (QED) is 0.789. The molecule has 19 heavy (non-hydrogen) atoms. The van der Waals surface area contributed by atoms with E-state index in [2.05, 4.69) is 27.9 Å². The van der Waals surface area contributed by atoms with E-state index in [0.717, 1.165) is 21.3 Å². The fourth-order valence-electron chi connectivity index (χ4n) is 1.63. The summed E-state index contributed by atoms with van der Waals surface area (Å²) in [6.45, 7) is 1.85. The monoisotopic (exact) mass is 373 g/mol. The third-order valence-electron chi connectivity index (χ3n) is 2.61. The molecule has 1 N–H and O–H groups in total. The van der Waals surface area contributed by atoms with E-state index in [1.807, 2.05) is 19.1 Å². The van der Waals surface area contributed by atoms with Crippen LogP contribution < -0.4 is 5.32 Å². The van der Waals surface area contributed by atoms with Crippen molar-refractivity contribution in [3.63, 3.8) is 0 Å². The molecule has 0 unspecified atom stereocenters. The Hall–Kier alpha value is -1.50.